The molecule has 1 heterocycles. The molecule has 1 atom stereocenters. The monoisotopic (exact) mass is 357 g/mol. The normalized spacial score (nSPS) is 12.0. The lowest BCUT2D eigenvalue weighted by Gasteiger charge is -2.14. The van der Waals surface area contributed by atoms with Crippen LogP contribution in [0.5, 0.6) is 0 Å². The van der Waals surface area contributed by atoms with Gasteiger partial charge in [0.05, 0.1) is 23.0 Å². The van der Waals surface area contributed by atoms with Crippen molar-refractivity contribution in [3.8, 4) is 5.69 Å². The lowest BCUT2D eigenvalue weighted by atomic mass is 10.1. The van der Waals surface area contributed by atoms with E-state index in [0.717, 1.165) is 11.3 Å². The zero-order valence-corrected chi connectivity index (χ0v) is 14.6. The van der Waals surface area contributed by atoms with Gasteiger partial charge in [-0.3, -0.25) is 4.79 Å². The standard InChI is InChI=1S/C19H17ClFN3O/c1-12(14-8-10-15(21)11-9-14)22-19(25)17-13(2)23-24(18(17)20)16-6-4-3-5-7-16/h3-12H,1-2H3,(H,22,25). The Kier molecular flexibility index (Phi) is 4.86. The number of para-hydroxylation sites is 1. The number of benzene rings is 2. The first kappa shape index (κ1) is 17.2. The summed E-state index contributed by atoms with van der Waals surface area (Å²) in [6.45, 7) is 3.57. The van der Waals surface area contributed by atoms with E-state index in [2.05, 4.69) is 10.4 Å². The quantitative estimate of drug-likeness (QED) is 0.749. The second-order valence-corrected chi connectivity index (χ2v) is 6.10. The maximum Gasteiger partial charge on any atom is 0.256 e. The van der Waals surface area contributed by atoms with E-state index >= 15 is 0 Å². The zero-order chi connectivity index (χ0) is 18.0. The molecule has 0 radical (unpaired) electrons. The summed E-state index contributed by atoms with van der Waals surface area (Å²) in [5, 5.41) is 7.50. The van der Waals surface area contributed by atoms with Crippen molar-refractivity contribution < 1.29 is 9.18 Å². The Morgan fingerprint density at radius 3 is 2.44 bits per heavy atom. The van der Waals surface area contributed by atoms with E-state index in [1.54, 1.807) is 19.1 Å². The van der Waals surface area contributed by atoms with Gasteiger partial charge in [0, 0.05) is 0 Å². The van der Waals surface area contributed by atoms with E-state index in [1.807, 2.05) is 37.3 Å². The predicted molar refractivity (Wildman–Crippen MR) is 95.6 cm³/mol. The number of hydrogen-bond acceptors (Lipinski definition) is 2. The molecule has 3 rings (SSSR count). The molecule has 0 spiro atoms. The van der Waals surface area contributed by atoms with Crippen LogP contribution in [0.15, 0.2) is 54.6 Å². The van der Waals surface area contributed by atoms with Gasteiger partial charge in [0.2, 0.25) is 0 Å². The predicted octanol–water partition coefficient (Wildman–Crippen LogP) is 4.46. The highest BCUT2D eigenvalue weighted by atomic mass is 35.5. The molecule has 1 N–H and O–H groups in total. The van der Waals surface area contributed by atoms with Crippen LogP contribution in [0.1, 0.15) is 34.6 Å². The third-order valence-corrected chi connectivity index (χ3v) is 4.30. The van der Waals surface area contributed by atoms with Gasteiger partial charge in [-0.2, -0.15) is 5.10 Å². The van der Waals surface area contributed by atoms with Crippen LogP contribution in [0.2, 0.25) is 5.15 Å². The van der Waals surface area contributed by atoms with Crippen LogP contribution >= 0.6 is 11.6 Å². The molecule has 4 nitrogen and oxygen atoms in total. The second-order valence-electron chi connectivity index (χ2n) is 5.75. The van der Waals surface area contributed by atoms with Gasteiger partial charge in [-0.1, -0.05) is 41.9 Å². The molecule has 0 saturated heterocycles. The third kappa shape index (κ3) is 3.56. The van der Waals surface area contributed by atoms with E-state index in [1.165, 1.54) is 16.8 Å². The first-order valence-corrected chi connectivity index (χ1v) is 8.22. The van der Waals surface area contributed by atoms with Crippen molar-refractivity contribution >= 4 is 17.5 Å². The Bertz CT molecular complexity index is 891. The average molecular weight is 358 g/mol. The van der Waals surface area contributed by atoms with Gasteiger partial charge in [-0.05, 0) is 43.7 Å². The Morgan fingerprint density at radius 2 is 1.80 bits per heavy atom. The summed E-state index contributed by atoms with van der Waals surface area (Å²) in [4.78, 5) is 12.7. The Balaban J connectivity index is 1.85. The molecular weight excluding hydrogens is 341 g/mol. The topological polar surface area (TPSA) is 46.9 Å². The minimum Gasteiger partial charge on any atom is -0.345 e. The third-order valence-electron chi connectivity index (χ3n) is 3.95. The maximum absolute atomic E-state index is 13.0. The molecule has 0 bridgehead atoms. The number of amides is 1. The largest absolute Gasteiger partial charge is 0.345 e. The number of carbonyl (C=O) groups excluding carboxylic acids is 1. The number of carbonyl (C=O) groups is 1. The molecule has 0 aliphatic rings. The number of aryl methyl sites for hydroxylation is 1. The van der Waals surface area contributed by atoms with Crippen LogP contribution in [-0.2, 0) is 0 Å². The zero-order valence-electron chi connectivity index (χ0n) is 13.8. The molecule has 25 heavy (non-hydrogen) atoms. The average Bonchev–Trinajstić information content (AvgIpc) is 2.90. The maximum atomic E-state index is 13.0. The number of rotatable bonds is 4. The van der Waals surface area contributed by atoms with Crippen LogP contribution in [0.3, 0.4) is 0 Å². The second kappa shape index (κ2) is 7.07. The highest BCUT2D eigenvalue weighted by molar-refractivity contribution is 6.33. The SMILES string of the molecule is Cc1nn(-c2ccccc2)c(Cl)c1C(=O)NC(C)c1ccc(F)cc1. The first-order valence-electron chi connectivity index (χ1n) is 7.84. The van der Waals surface area contributed by atoms with Crippen LogP contribution < -0.4 is 5.32 Å². The summed E-state index contributed by atoms with van der Waals surface area (Å²) in [6.07, 6.45) is 0. The fourth-order valence-corrected chi connectivity index (χ4v) is 2.96. The van der Waals surface area contributed by atoms with Crippen molar-refractivity contribution in [3.05, 3.63) is 82.4 Å². The van der Waals surface area contributed by atoms with Crippen LogP contribution in [0, 0.1) is 12.7 Å². The van der Waals surface area contributed by atoms with E-state index in [9.17, 15) is 9.18 Å². The fraction of sp³-hybridized carbons (Fsp3) is 0.158. The Hall–Kier alpha value is -2.66. The summed E-state index contributed by atoms with van der Waals surface area (Å²) < 4.78 is 14.6. The van der Waals surface area contributed by atoms with E-state index in [0.29, 0.717) is 11.3 Å². The minimum absolute atomic E-state index is 0.257. The smallest absolute Gasteiger partial charge is 0.256 e. The van der Waals surface area contributed by atoms with Crippen molar-refractivity contribution in [1.82, 2.24) is 15.1 Å². The molecule has 0 fully saturated rings. The van der Waals surface area contributed by atoms with Crippen molar-refractivity contribution in [1.29, 1.82) is 0 Å². The van der Waals surface area contributed by atoms with Crippen molar-refractivity contribution in [2.45, 2.75) is 19.9 Å². The van der Waals surface area contributed by atoms with Crippen LogP contribution in [-0.4, -0.2) is 15.7 Å². The molecule has 2 aromatic carbocycles. The van der Waals surface area contributed by atoms with E-state index in [-0.39, 0.29) is 22.9 Å². The molecular formula is C19H17ClFN3O. The van der Waals surface area contributed by atoms with Gasteiger partial charge >= 0.3 is 0 Å². The molecule has 6 heteroatoms. The molecule has 1 aromatic heterocycles. The van der Waals surface area contributed by atoms with Gasteiger partial charge < -0.3 is 5.32 Å². The van der Waals surface area contributed by atoms with Crippen molar-refractivity contribution in [3.63, 3.8) is 0 Å². The highest BCUT2D eigenvalue weighted by Gasteiger charge is 2.22. The summed E-state index contributed by atoms with van der Waals surface area (Å²) in [5.41, 5.74) is 2.46. The van der Waals surface area contributed by atoms with Crippen LogP contribution in [0.4, 0.5) is 4.39 Å². The lowest BCUT2D eigenvalue weighted by molar-refractivity contribution is 0.0939. The molecule has 3 aromatic rings. The molecule has 1 amide bonds. The van der Waals surface area contributed by atoms with Crippen molar-refractivity contribution in [2.75, 3.05) is 0 Å². The summed E-state index contributed by atoms with van der Waals surface area (Å²) >= 11 is 6.40. The number of halogens is 2. The summed E-state index contributed by atoms with van der Waals surface area (Å²) in [5.74, 6) is -0.633. The lowest BCUT2D eigenvalue weighted by Crippen LogP contribution is -2.27. The highest BCUT2D eigenvalue weighted by Crippen LogP contribution is 2.24. The fourth-order valence-electron chi connectivity index (χ4n) is 2.60. The minimum atomic E-state index is -0.318. The molecule has 0 saturated carbocycles. The number of nitrogens with one attached hydrogen (secondary N) is 1. The number of hydrogen-bond donors (Lipinski definition) is 1. The molecule has 128 valence electrons. The first-order chi connectivity index (χ1) is 12.0. The van der Waals surface area contributed by atoms with E-state index < -0.39 is 0 Å². The Labute approximate surface area is 150 Å². The van der Waals surface area contributed by atoms with Crippen LogP contribution in [0.25, 0.3) is 5.69 Å². The van der Waals surface area contributed by atoms with Gasteiger partial charge in [0.15, 0.2) is 0 Å². The molecule has 0 aliphatic carbocycles. The van der Waals surface area contributed by atoms with E-state index in [4.69, 9.17) is 11.6 Å². The van der Waals surface area contributed by atoms with Gasteiger partial charge in [0.1, 0.15) is 11.0 Å². The molecule has 0 aliphatic heterocycles. The Morgan fingerprint density at radius 1 is 1.16 bits per heavy atom. The molecule has 1 unspecified atom stereocenters. The summed E-state index contributed by atoms with van der Waals surface area (Å²) in [7, 11) is 0. The number of nitrogens with zero attached hydrogens (tertiary/aromatic N) is 2. The summed E-state index contributed by atoms with van der Waals surface area (Å²) in [6, 6.07) is 15.1. The van der Waals surface area contributed by atoms with Gasteiger partial charge in [0.25, 0.3) is 5.91 Å². The van der Waals surface area contributed by atoms with Crippen molar-refractivity contribution in [2.24, 2.45) is 0 Å². The van der Waals surface area contributed by atoms with Gasteiger partial charge in [-0.25, -0.2) is 9.07 Å². The van der Waals surface area contributed by atoms with Gasteiger partial charge in [-0.15, -0.1) is 0 Å². The number of aromatic nitrogens is 2.